The standard InChI is InChI=1S/C34H38N4O4/c1-3-9-27(10-4-1)25-41-21-19-39-17-15-35-33-31-23-29-13-7-8-14-30(29)24-32(31)34(38-37-33)36-16-18-40-20-22-42-26-28-11-5-2-6-12-28/h1-14,23-24H,15-22,25-26H2,(H,35,37)(H,36,38). The number of ether oxygens (including phenoxy) is 4. The van der Waals surface area contributed by atoms with Crippen LogP contribution in [0.5, 0.6) is 0 Å². The van der Waals surface area contributed by atoms with E-state index >= 15 is 0 Å². The predicted octanol–water partition coefficient (Wildman–Crippen LogP) is 6.07. The van der Waals surface area contributed by atoms with E-state index in [1.54, 1.807) is 0 Å². The monoisotopic (exact) mass is 566 g/mol. The lowest BCUT2D eigenvalue weighted by atomic mass is 10.0. The Morgan fingerprint density at radius 2 is 0.857 bits per heavy atom. The third-order valence-corrected chi connectivity index (χ3v) is 6.69. The molecule has 218 valence electrons. The molecule has 5 rings (SSSR count). The fourth-order valence-corrected chi connectivity index (χ4v) is 4.55. The first kappa shape index (κ1) is 29.4. The molecule has 0 atom stereocenters. The Hall–Kier alpha value is -4.08. The molecule has 0 spiro atoms. The topological polar surface area (TPSA) is 86.8 Å². The van der Waals surface area contributed by atoms with Crippen LogP contribution in [-0.2, 0) is 32.2 Å². The van der Waals surface area contributed by atoms with E-state index in [4.69, 9.17) is 18.9 Å². The number of nitrogens with zero attached hydrogens (tertiary/aromatic N) is 2. The van der Waals surface area contributed by atoms with Crippen molar-refractivity contribution in [2.24, 2.45) is 0 Å². The summed E-state index contributed by atoms with van der Waals surface area (Å²) in [7, 11) is 0. The van der Waals surface area contributed by atoms with Crippen LogP contribution in [0.4, 0.5) is 11.6 Å². The van der Waals surface area contributed by atoms with E-state index in [1.165, 1.54) is 0 Å². The van der Waals surface area contributed by atoms with E-state index < -0.39 is 0 Å². The summed E-state index contributed by atoms with van der Waals surface area (Å²) in [5.74, 6) is 1.47. The van der Waals surface area contributed by atoms with Crippen molar-refractivity contribution in [1.29, 1.82) is 0 Å². The molecule has 0 radical (unpaired) electrons. The summed E-state index contributed by atoms with van der Waals surface area (Å²) < 4.78 is 22.9. The van der Waals surface area contributed by atoms with E-state index in [1.807, 2.05) is 48.5 Å². The van der Waals surface area contributed by atoms with Gasteiger partial charge in [0.15, 0.2) is 11.6 Å². The Labute approximate surface area is 247 Å². The first-order valence-electron chi connectivity index (χ1n) is 14.4. The highest BCUT2D eigenvalue weighted by Crippen LogP contribution is 2.30. The van der Waals surface area contributed by atoms with Gasteiger partial charge in [0.2, 0.25) is 0 Å². The summed E-state index contributed by atoms with van der Waals surface area (Å²) >= 11 is 0. The van der Waals surface area contributed by atoms with Crippen LogP contribution in [0.1, 0.15) is 11.1 Å². The van der Waals surface area contributed by atoms with Crippen LogP contribution < -0.4 is 10.6 Å². The molecular formula is C34H38N4O4. The molecule has 4 aromatic carbocycles. The molecular weight excluding hydrogens is 528 g/mol. The summed E-state index contributed by atoms with van der Waals surface area (Å²) in [4.78, 5) is 0. The van der Waals surface area contributed by atoms with Crippen molar-refractivity contribution < 1.29 is 18.9 Å². The van der Waals surface area contributed by atoms with Crippen LogP contribution in [0, 0.1) is 0 Å². The largest absolute Gasteiger partial charge is 0.377 e. The van der Waals surface area contributed by atoms with Gasteiger partial charge in [-0.1, -0.05) is 84.9 Å². The number of aromatic nitrogens is 2. The second kappa shape index (κ2) is 16.4. The molecule has 1 heterocycles. The van der Waals surface area contributed by atoms with Crippen molar-refractivity contribution in [2.75, 3.05) is 63.4 Å². The van der Waals surface area contributed by atoms with Gasteiger partial charge in [0.1, 0.15) is 0 Å². The van der Waals surface area contributed by atoms with Gasteiger partial charge in [0.25, 0.3) is 0 Å². The molecule has 0 saturated carbocycles. The zero-order valence-corrected chi connectivity index (χ0v) is 23.8. The van der Waals surface area contributed by atoms with E-state index in [0.717, 1.165) is 44.3 Å². The van der Waals surface area contributed by atoms with Crippen LogP contribution >= 0.6 is 0 Å². The molecule has 42 heavy (non-hydrogen) atoms. The van der Waals surface area contributed by atoms with Crippen molar-refractivity contribution in [3.05, 3.63) is 108 Å². The lowest BCUT2D eigenvalue weighted by Crippen LogP contribution is -2.15. The number of fused-ring (bicyclic) bond motifs is 2. The maximum absolute atomic E-state index is 5.75. The second-order valence-corrected chi connectivity index (χ2v) is 9.80. The van der Waals surface area contributed by atoms with Gasteiger partial charge in [-0.3, -0.25) is 0 Å². The fourth-order valence-electron chi connectivity index (χ4n) is 4.55. The van der Waals surface area contributed by atoms with E-state index in [-0.39, 0.29) is 0 Å². The van der Waals surface area contributed by atoms with Gasteiger partial charge in [-0.2, -0.15) is 0 Å². The quantitative estimate of drug-likeness (QED) is 0.0976. The van der Waals surface area contributed by atoms with Gasteiger partial charge in [-0.05, 0) is 34.0 Å². The number of rotatable bonds is 18. The van der Waals surface area contributed by atoms with Gasteiger partial charge in [-0.15, -0.1) is 10.2 Å². The van der Waals surface area contributed by atoms with Gasteiger partial charge in [-0.25, -0.2) is 0 Å². The van der Waals surface area contributed by atoms with E-state index in [2.05, 4.69) is 69.4 Å². The molecule has 0 amide bonds. The minimum Gasteiger partial charge on any atom is -0.377 e. The molecule has 5 aromatic rings. The molecule has 0 aliphatic heterocycles. The highest BCUT2D eigenvalue weighted by atomic mass is 16.5. The zero-order chi connectivity index (χ0) is 28.7. The van der Waals surface area contributed by atoms with E-state index in [0.29, 0.717) is 65.9 Å². The Bertz CT molecular complexity index is 1390. The number of hydrogen-bond donors (Lipinski definition) is 2. The second-order valence-electron chi connectivity index (χ2n) is 9.80. The van der Waals surface area contributed by atoms with Crippen LogP contribution in [0.3, 0.4) is 0 Å². The summed E-state index contributed by atoms with van der Waals surface area (Å²) in [6, 6.07) is 32.9. The van der Waals surface area contributed by atoms with Gasteiger partial charge in [0, 0.05) is 23.9 Å². The van der Waals surface area contributed by atoms with Gasteiger partial charge in [0.05, 0.1) is 52.9 Å². The van der Waals surface area contributed by atoms with Crippen molar-refractivity contribution >= 4 is 33.2 Å². The smallest absolute Gasteiger partial charge is 0.156 e. The Morgan fingerprint density at radius 1 is 0.452 bits per heavy atom. The SMILES string of the molecule is c1ccc(COCCOCCNc2nnc(NCCOCCOCc3ccccc3)c3cc4ccccc4cc23)cc1. The van der Waals surface area contributed by atoms with Crippen LogP contribution in [-0.4, -0.2) is 62.9 Å². The molecule has 2 N–H and O–H groups in total. The van der Waals surface area contributed by atoms with Gasteiger partial charge < -0.3 is 29.6 Å². The maximum Gasteiger partial charge on any atom is 0.156 e. The lowest BCUT2D eigenvalue weighted by Gasteiger charge is -2.14. The van der Waals surface area contributed by atoms with Crippen molar-refractivity contribution in [3.8, 4) is 0 Å². The minimum absolute atomic E-state index is 0.537. The fraction of sp³-hybridized carbons (Fsp3) is 0.294. The molecule has 0 aliphatic rings. The highest BCUT2D eigenvalue weighted by Gasteiger charge is 2.11. The Kier molecular flexibility index (Phi) is 11.5. The third kappa shape index (κ3) is 8.96. The first-order chi connectivity index (χ1) is 20.9. The summed E-state index contributed by atoms with van der Waals surface area (Å²) in [6.07, 6.45) is 0. The number of nitrogens with one attached hydrogen (secondary N) is 2. The summed E-state index contributed by atoms with van der Waals surface area (Å²) in [5.41, 5.74) is 2.32. The molecule has 0 fully saturated rings. The van der Waals surface area contributed by atoms with Crippen molar-refractivity contribution in [3.63, 3.8) is 0 Å². The number of benzene rings is 4. The molecule has 8 heteroatoms. The molecule has 8 nitrogen and oxygen atoms in total. The van der Waals surface area contributed by atoms with Gasteiger partial charge >= 0.3 is 0 Å². The minimum atomic E-state index is 0.537. The molecule has 0 aliphatic carbocycles. The summed E-state index contributed by atoms with van der Waals surface area (Å²) in [6.45, 7) is 5.66. The average molecular weight is 567 g/mol. The molecule has 0 bridgehead atoms. The zero-order valence-electron chi connectivity index (χ0n) is 23.8. The van der Waals surface area contributed by atoms with Crippen LogP contribution in [0.25, 0.3) is 21.5 Å². The molecule has 1 aromatic heterocycles. The van der Waals surface area contributed by atoms with E-state index in [9.17, 15) is 0 Å². The normalized spacial score (nSPS) is 11.2. The van der Waals surface area contributed by atoms with Crippen LogP contribution in [0.2, 0.25) is 0 Å². The van der Waals surface area contributed by atoms with Crippen molar-refractivity contribution in [1.82, 2.24) is 10.2 Å². The third-order valence-electron chi connectivity index (χ3n) is 6.69. The molecule has 0 unspecified atom stereocenters. The highest BCUT2D eigenvalue weighted by molar-refractivity contribution is 6.06. The maximum atomic E-state index is 5.75. The van der Waals surface area contributed by atoms with Crippen LogP contribution in [0.15, 0.2) is 97.1 Å². The molecule has 0 saturated heterocycles. The summed E-state index contributed by atoms with van der Waals surface area (Å²) in [5, 5.41) is 20.1. The van der Waals surface area contributed by atoms with Crippen molar-refractivity contribution in [2.45, 2.75) is 13.2 Å². The first-order valence-corrected chi connectivity index (χ1v) is 14.4. The number of anilines is 2. The Morgan fingerprint density at radius 3 is 1.31 bits per heavy atom. The number of hydrogen-bond acceptors (Lipinski definition) is 8. The average Bonchev–Trinajstić information content (AvgIpc) is 3.04. The Balaban J connectivity index is 1.07. The lowest BCUT2D eigenvalue weighted by molar-refractivity contribution is 0.0441. The predicted molar refractivity (Wildman–Crippen MR) is 168 cm³/mol.